The van der Waals surface area contributed by atoms with E-state index in [2.05, 4.69) is 15.1 Å². The highest BCUT2D eigenvalue weighted by atomic mass is 32.2. The number of alkyl halides is 3. The summed E-state index contributed by atoms with van der Waals surface area (Å²) >= 11 is 0. The first-order valence-corrected chi connectivity index (χ1v) is 8.46. The lowest BCUT2D eigenvalue weighted by atomic mass is 10.2. The molecular weight excluding hydrogens is 359 g/mol. The van der Waals surface area contributed by atoms with Crippen LogP contribution >= 0.6 is 0 Å². The van der Waals surface area contributed by atoms with Gasteiger partial charge in [-0.25, -0.2) is 9.50 Å². The number of hydrogen-bond donors (Lipinski definition) is 1. The van der Waals surface area contributed by atoms with Crippen LogP contribution in [0.1, 0.15) is 17.0 Å². The summed E-state index contributed by atoms with van der Waals surface area (Å²) in [6.45, 7) is 3.38. The molecule has 0 atom stereocenters. The van der Waals surface area contributed by atoms with Crippen molar-refractivity contribution in [3.63, 3.8) is 0 Å². The number of para-hydroxylation sites is 1. The molecule has 0 bridgehead atoms. The van der Waals surface area contributed by atoms with Gasteiger partial charge in [0.1, 0.15) is 0 Å². The predicted molar refractivity (Wildman–Crippen MR) is 82.5 cm³/mol. The summed E-state index contributed by atoms with van der Waals surface area (Å²) in [6, 6.07) is 5.93. The van der Waals surface area contributed by atoms with E-state index in [1.807, 2.05) is 4.72 Å². The van der Waals surface area contributed by atoms with E-state index in [9.17, 15) is 21.6 Å². The molecule has 0 saturated heterocycles. The van der Waals surface area contributed by atoms with Crippen LogP contribution in [0.25, 0.3) is 5.78 Å². The number of benzene rings is 1. The maximum atomic E-state index is 13.0. The molecule has 132 valence electrons. The molecule has 7 nitrogen and oxygen atoms in total. The summed E-state index contributed by atoms with van der Waals surface area (Å²) in [5.74, 6) is 0.0435. The molecule has 1 N–H and O–H groups in total. The van der Waals surface area contributed by atoms with Crippen molar-refractivity contribution in [1.29, 1.82) is 0 Å². The summed E-state index contributed by atoms with van der Waals surface area (Å²) in [5.41, 5.74) is -0.508. The van der Waals surface area contributed by atoms with Crippen molar-refractivity contribution in [2.75, 3.05) is 4.72 Å². The molecule has 0 aliphatic heterocycles. The zero-order valence-corrected chi connectivity index (χ0v) is 13.9. The van der Waals surface area contributed by atoms with Gasteiger partial charge < -0.3 is 0 Å². The Labute approximate surface area is 140 Å². The third-order valence-corrected chi connectivity index (χ3v) is 4.46. The van der Waals surface area contributed by atoms with Gasteiger partial charge in [-0.2, -0.15) is 26.6 Å². The SMILES string of the molecule is Cc1cc(C)n2nc(S(=O)(=O)Nc3ccccc3C(F)(F)F)nc2n1. The van der Waals surface area contributed by atoms with Gasteiger partial charge in [-0.3, -0.25) is 4.72 Å². The van der Waals surface area contributed by atoms with Crippen LogP contribution in [0.4, 0.5) is 18.9 Å². The van der Waals surface area contributed by atoms with Gasteiger partial charge in [0.05, 0.1) is 11.3 Å². The van der Waals surface area contributed by atoms with Gasteiger partial charge in [0.15, 0.2) is 0 Å². The highest BCUT2D eigenvalue weighted by Gasteiger charge is 2.35. The number of fused-ring (bicyclic) bond motifs is 1. The standard InChI is InChI=1S/C14H12F3N5O2S/c1-8-7-9(2)22-12(18-8)19-13(20-22)25(23,24)21-11-6-4-3-5-10(11)14(15,16)17/h3-7,21H,1-2H3. The van der Waals surface area contributed by atoms with Gasteiger partial charge in [0.25, 0.3) is 21.0 Å². The Bertz CT molecular complexity index is 1060. The van der Waals surface area contributed by atoms with Crippen LogP contribution in [0, 0.1) is 13.8 Å². The van der Waals surface area contributed by atoms with E-state index >= 15 is 0 Å². The van der Waals surface area contributed by atoms with Gasteiger partial charge in [-0.05, 0) is 32.0 Å². The van der Waals surface area contributed by atoms with Crippen LogP contribution in [-0.4, -0.2) is 28.0 Å². The van der Waals surface area contributed by atoms with E-state index < -0.39 is 32.6 Å². The first-order valence-electron chi connectivity index (χ1n) is 6.98. The molecule has 0 fully saturated rings. The highest BCUT2D eigenvalue weighted by molar-refractivity contribution is 7.92. The van der Waals surface area contributed by atoms with Crippen molar-refractivity contribution in [3.05, 3.63) is 47.3 Å². The van der Waals surface area contributed by atoms with Crippen molar-refractivity contribution in [1.82, 2.24) is 19.6 Å². The predicted octanol–water partition coefficient (Wildman–Crippen LogP) is 2.56. The topological polar surface area (TPSA) is 89.3 Å². The zero-order valence-electron chi connectivity index (χ0n) is 13.0. The van der Waals surface area contributed by atoms with E-state index in [4.69, 9.17) is 0 Å². The molecule has 3 aromatic rings. The quantitative estimate of drug-likeness (QED) is 0.764. The Balaban J connectivity index is 2.06. The summed E-state index contributed by atoms with van der Waals surface area (Å²) in [5, 5.41) is 3.16. The molecule has 3 rings (SSSR count). The smallest absolute Gasteiger partial charge is 0.276 e. The monoisotopic (exact) mass is 371 g/mol. The average Bonchev–Trinajstić information content (AvgIpc) is 2.91. The Hall–Kier alpha value is -2.69. The van der Waals surface area contributed by atoms with Crippen LogP contribution in [-0.2, 0) is 16.2 Å². The number of rotatable bonds is 3. The largest absolute Gasteiger partial charge is 0.418 e. The number of halogens is 3. The van der Waals surface area contributed by atoms with E-state index in [1.165, 1.54) is 16.6 Å². The lowest BCUT2D eigenvalue weighted by Gasteiger charge is -2.13. The van der Waals surface area contributed by atoms with Gasteiger partial charge in [-0.1, -0.05) is 12.1 Å². The van der Waals surface area contributed by atoms with Crippen LogP contribution < -0.4 is 4.72 Å². The molecular formula is C14H12F3N5O2S. The van der Waals surface area contributed by atoms with Crippen LogP contribution in [0.5, 0.6) is 0 Å². The number of aromatic nitrogens is 4. The van der Waals surface area contributed by atoms with Gasteiger partial charge in [0.2, 0.25) is 0 Å². The Morgan fingerprint density at radius 2 is 1.80 bits per heavy atom. The minimum atomic E-state index is -4.71. The lowest BCUT2D eigenvalue weighted by Crippen LogP contribution is -2.18. The fourth-order valence-electron chi connectivity index (χ4n) is 2.27. The molecule has 0 saturated carbocycles. The first-order chi connectivity index (χ1) is 11.6. The number of sulfonamides is 1. The van der Waals surface area contributed by atoms with E-state index in [1.54, 1.807) is 19.9 Å². The van der Waals surface area contributed by atoms with Crippen LogP contribution in [0.2, 0.25) is 0 Å². The van der Waals surface area contributed by atoms with E-state index in [0.717, 1.165) is 12.1 Å². The van der Waals surface area contributed by atoms with Crippen molar-refractivity contribution in [2.24, 2.45) is 0 Å². The minimum absolute atomic E-state index is 0.0435. The number of anilines is 1. The molecule has 0 spiro atoms. The first kappa shape index (κ1) is 17.1. The zero-order chi connectivity index (χ0) is 18.4. The molecule has 2 aromatic heterocycles. The summed E-state index contributed by atoms with van der Waals surface area (Å²) in [4.78, 5) is 7.85. The lowest BCUT2D eigenvalue weighted by molar-refractivity contribution is -0.136. The third-order valence-electron chi connectivity index (χ3n) is 3.32. The Morgan fingerprint density at radius 1 is 1.12 bits per heavy atom. The molecule has 0 radical (unpaired) electrons. The number of nitrogens with one attached hydrogen (secondary N) is 1. The average molecular weight is 371 g/mol. The molecule has 0 aliphatic rings. The van der Waals surface area contributed by atoms with Crippen molar-refractivity contribution >= 4 is 21.5 Å². The Kier molecular flexibility index (Phi) is 3.90. The number of aryl methyl sites for hydroxylation is 2. The molecule has 11 heteroatoms. The second-order valence-corrected chi connectivity index (χ2v) is 6.87. The maximum Gasteiger partial charge on any atom is 0.418 e. The molecule has 2 heterocycles. The molecule has 0 aliphatic carbocycles. The number of hydrogen-bond acceptors (Lipinski definition) is 5. The molecule has 0 unspecified atom stereocenters. The van der Waals surface area contributed by atoms with E-state index in [0.29, 0.717) is 11.4 Å². The van der Waals surface area contributed by atoms with Crippen molar-refractivity contribution < 1.29 is 21.6 Å². The van der Waals surface area contributed by atoms with Crippen LogP contribution in [0.15, 0.2) is 35.5 Å². The summed E-state index contributed by atoms with van der Waals surface area (Å²) in [7, 11) is -4.42. The van der Waals surface area contributed by atoms with Crippen molar-refractivity contribution in [3.8, 4) is 0 Å². The Morgan fingerprint density at radius 3 is 2.48 bits per heavy atom. The normalized spacial score (nSPS) is 12.5. The van der Waals surface area contributed by atoms with Gasteiger partial charge in [-0.15, -0.1) is 5.10 Å². The van der Waals surface area contributed by atoms with Crippen LogP contribution in [0.3, 0.4) is 0 Å². The summed E-state index contributed by atoms with van der Waals surface area (Å²) in [6.07, 6.45) is -4.71. The number of nitrogens with zero attached hydrogens (tertiary/aromatic N) is 4. The van der Waals surface area contributed by atoms with Gasteiger partial charge in [0, 0.05) is 11.4 Å². The molecule has 1 aromatic carbocycles. The van der Waals surface area contributed by atoms with Crippen molar-refractivity contribution in [2.45, 2.75) is 25.2 Å². The minimum Gasteiger partial charge on any atom is -0.276 e. The maximum absolute atomic E-state index is 13.0. The van der Waals surface area contributed by atoms with Gasteiger partial charge >= 0.3 is 6.18 Å². The second-order valence-electron chi connectivity index (χ2n) is 5.29. The second kappa shape index (κ2) is 5.69. The molecule has 25 heavy (non-hydrogen) atoms. The molecule has 0 amide bonds. The third kappa shape index (κ3) is 3.27. The fraction of sp³-hybridized carbons (Fsp3) is 0.214. The van der Waals surface area contributed by atoms with E-state index in [-0.39, 0.29) is 5.78 Å². The highest BCUT2D eigenvalue weighted by Crippen LogP contribution is 2.35. The summed E-state index contributed by atoms with van der Waals surface area (Å²) < 4.78 is 66.9. The fourth-order valence-corrected chi connectivity index (χ4v) is 3.22.